The number of nitrogens with zero attached hydrogens (tertiary/aromatic N) is 2. The van der Waals surface area contributed by atoms with Gasteiger partial charge in [-0.2, -0.15) is 5.10 Å². The van der Waals surface area contributed by atoms with E-state index in [9.17, 15) is 13.2 Å². The van der Waals surface area contributed by atoms with Crippen LogP contribution in [0.5, 0.6) is 0 Å². The summed E-state index contributed by atoms with van der Waals surface area (Å²) in [6.45, 7) is 1.55. The minimum absolute atomic E-state index is 0.00514. The lowest BCUT2D eigenvalue weighted by Gasteiger charge is -2.33. The van der Waals surface area contributed by atoms with Crippen LogP contribution in [0.3, 0.4) is 0 Å². The average molecular weight is 301 g/mol. The lowest BCUT2D eigenvalue weighted by molar-refractivity contribution is -0.137. The molecule has 0 amide bonds. The molecule has 1 fully saturated rings. The predicted octanol–water partition coefficient (Wildman–Crippen LogP) is 0.969. The van der Waals surface area contributed by atoms with Gasteiger partial charge in [0.15, 0.2) is 0 Å². The van der Waals surface area contributed by atoms with E-state index in [4.69, 9.17) is 5.11 Å². The van der Waals surface area contributed by atoms with Crippen LogP contribution in [-0.4, -0.2) is 34.8 Å². The number of hydrogen-bond acceptors (Lipinski definition) is 4. The van der Waals surface area contributed by atoms with Gasteiger partial charge in [0, 0.05) is 11.7 Å². The highest BCUT2D eigenvalue weighted by Crippen LogP contribution is 2.29. The summed E-state index contributed by atoms with van der Waals surface area (Å²) in [5.41, 5.74) is -0.425. The molecule has 0 unspecified atom stereocenters. The van der Waals surface area contributed by atoms with Crippen LogP contribution < -0.4 is 4.72 Å². The Kier molecular flexibility index (Phi) is 4.14. The van der Waals surface area contributed by atoms with Gasteiger partial charge in [0.25, 0.3) is 0 Å². The fourth-order valence-corrected chi connectivity index (χ4v) is 3.94. The van der Waals surface area contributed by atoms with Gasteiger partial charge in [0.05, 0.1) is 6.20 Å². The van der Waals surface area contributed by atoms with Crippen LogP contribution in [-0.2, 0) is 21.4 Å². The number of aromatic nitrogens is 2. The van der Waals surface area contributed by atoms with Gasteiger partial charge in [-0.15, -0.1) is 0 Å². The second-order valence-corrected chi connectivity index (χ2v) is 7.18. The monoisotopic (exact) mass is 301 g/mol. The molecular formula is C12H19N3O4S. The zero-order valence-electron chi connectivity index (χ0n) is 11.4. The van der Waals surface area contributed by atoms with Crippen molar-refractivity contribution in [3.05, 3.63) is 12.4 Å². The molecule has 0 spiro atoms. The van der Waals surface area contributed by atoms with Crippen LogP contribution in [0.4, 0.5) is 0 Å². The molecule has 0 radical (unpaired) electrons. The fraction of sp³-hybridized carbons (Fsp3) is 0.667. The largest absolute Gasteiger partial charge is 0.480 e. The van der Waals surface area contributed by atoms with Crippen molar-refractivity contribution in [2.75, 3.05) is 0 Å². The number of carboxylic acids is 1. The summed E-state index contributed by atoms with van der Waals surface area (Å²) in [5, 5.41) is 12.4. The van der Waals surface area contributed by atoms with Gasteiger partial charge in [0.1, 0.15) is 11.4 Å². The first-order valence-corrected chi connectivity index (χ1v) is 8.07. The minimum Gasteiger partial charge on any atom is -0.480 e. The number of hydrogen-bond donors (Lipinski definition) is 2. The Morgan fingerprint density at radius 2 is 2.10 bits per heavy atom. The number of rotatable bonds is 5. The van der Waals surface area contributed by atoms with Crippen molar-refractivity contribution in [3.8, 4) is 0 Å². The molecule has 8 heteroatoms. The molecule has 1 heterocycles. The zero-order chi connectivity index (χ0) is 14.8. The molecule has 0 bridgehead atoms. The van der Waals surface area contributed by atoms with E-state index in [1.165, 1.54) is 12.4 Å². The van der Waals surface area contributed by atoms with Gasteiger partial charge in [-0.25, -0.2) is 13.1 Å². The SMILES string of the molecule is CC1(NS(=O)(=O)c2cnn(CC(=O)O)c2)CCCCC1. The number of nitrogens with one attached hydrogen (secondary N) is 1. The molecule has 2 rings (SSSR count). The smallest absolute Gasteiger partial charge is 0.325 e. The Morgan fingerprint density at radius 1 is 1.45 bits per heavy atom. The summed E-state index contributed by atoms with van der Waals surface area (Å²) in [5.74, 6) is -1.07. The average Bonchev–Trinajstić information content (AvgIpc) is 2.77. The third-order valence-electron chi connectivity index (χ3n) is 3.55. The van der Waals surface area contributed by atoms with Crippen molar-refractivity contribution in [1.82, 2.24) is 14.5 Å². The molecule has 0 atom stereocenters. The first-order valence-electron chi connectivity index (χ1n) is 6.59. The maximum atomic E-state index is 12.3. The topological polar surface area (TPSA) is 101 Å². The van der Waals surface area contributed by atoms with Gasteiger partial charge in [-0.3, -0.25) is 9.48 Å². The van der Waals surface area contributed by atoms with Gasteiger partial charge in [-0.1, -0.05) is 19.3 Å². The number of aliphatic carboxylic acids is 1. The molecular weight excluding hydrogens is 282 g/mol. The Balaban J connectivity index is 2.13. The van der Waals surface area contributed by atoms with Crippen LogP contribution in [0.2, 0.25) is 0 Å². The first-order chi connectivity index (χ1) is 9.31. The number of carboxylic acid groups (broad SMARTS) is 1. The Hall–Kier alpha value is -1.41. The predicted molar refractivity (Wildman–Crippen MR) is 71.7 cm³/mol. The lowest BCUT2D eigenvalue weighted by atomic mass is 9.84. The summed E-state index contributed by atoms with van der Waals surface area (Å²) in [4.78, 5) is 10.6. The summed E-state index contributed by atoms with van der Waals surface area (Å²) >= 11 is 0. The van der Waals surface area contributed by atoms with E-state index in [0.29, 0.717) is 0 Å². The summed E-state index contributed by atoms with van der Waals surface area (Å²) < 4.78 is 28.4. The Morgan fingerprint density at radius 3 is 2.70 bits per heavy atom. The molecule has 20 heavy (non-hydrogen) atoms. The Labute approximate surface area is 118 Å². The third kappa shape index (κ3) is 3.57. The van der Waals surface area contributed by atoms with Crippen molar-refractivity contribution < 1.29 is 18.3 Å². The summed E-state index contributed by atoms with van der Waals surface area (Å²) in [6.07, 6.45) is 7.20. The molecule has 1 aromatic rings. The van der Waals surface area contributed by atoms with E-state index >= 15 is 0 Å². The zero-order valence-corrected chi connectivity index (χ0v) is 12.2. The van der Waals surface area contributed by atoms with E-state index in [1.807, 2.05) is 6.92 Å². The number of sulfonamides is 1. The molecule has 1 aliphatic carbocycles. The third-order valence-corrected chi connectivity index (χ3v) is 5.15. The molecule has 0 aromatic carbocycles. The molecule has 7 nitrogen and oxygen atoms in total. The second kappa shape index (κ2) is 5.53. The molecule has 1 saturated carbocycles. The molecule has 1 aromatic heterocycles. The lowest BCUT2D eigenvalue weighted by Crippen LogP contribution is -2.46. The van der Waals surface area contributed by atoms with Gasteiger partial charge < -0.3 is 5.11 Å². The van der Waals surface area contributed by atoms with Crippen LogP contribution in [0.25, 0.3) is 0 Å². The molecule has 2 N–H and O–H groups in total. The van der Waals surface area contributed by atoms with Crippen LogP contribution in [0, 0.1) is 0 Å². The van der Waals surface area contributed by atoms with E-state index in [1.54, 1.807) is 0 Å². The van der Waals surface area contributed by atoms with Crippen molar-refractivity contribution in [2.24, 2.45) is 0 Å². The van der Waals surface area contributed by atoms with E-state index in [0.717, 1.165) is 36.8 Å². The summed E-state index contributed by atoms with van der Waals surface area (Å²) in [7, 11) is -3.66. The van der Waals surface area contributed by atoms with Crippen LogP contribution in [0.1, 0.15) is 39.0 Å². The van der Waals surface area contributed by atoms with E-state index in [2.05, 4.69) is 9.82 Å². The highest BCUT2D eigenvalue weighted by atomic mass is 32.2. The highest BCUT2D eigenvalue weighted by molar-refractivity contribution is 7.89. The molecule has 112 valence electrons. The Bertz CT molecular complexity index is 588. The maximum Gasteiger partial charge on any atom is 0.325 e. The number of carbonyl (C=O) groups is 1. The van der Waals surface area contributed by atoms with E-state index in [-0.39, 0.29) is 11.4 Å². The van der Waals surface area contributed by atoms with Gasteiger partial charge in [0.2, 0.25) is 10.0 Å². The van der Waals surface area contributed by atoms with Crippen LogP contribution in [0.15, 0.2) is 17.3 Å². The van der Waals surface area contributed by atoms with Crippen molar-refractivity contribution in [1.29, 1.82) is 0 Å². The van der Waals surface area contributed by atoms with E-state index < -0.39 is 21.5 Å². The van der Waals surface area contributed by atoms with Crippen LogP contribution >= 0.6 is 0 Å². The highest BCUT2D eigenvalue weighted by Gasteiger charge is 2.32. The van der Waals surface area contributed by atoms with Crippen molar-refractivity contribution in [2.45, 2.75) is 56.0 Å². The van der Waals surface area contributed by atoms with Gasteiger partial charge in [-0.05, 0) is 19.8 Å². The molecule has 1 aliphatic rings. The van der Waals surface area contributed by atoms with Gasteiger partial charge >= 0.3 is 5.97 Å². The second-order valence-electron chi connectivity index (χ2n) is 5.49. The first kappa shape index (κ1) is 15.0. The maximum absolute atomic E-state index is 12.3. The normalized spacial score (nSPS) is 18.9. The molecule has 0 aliphatic heterocycles. The minimum atomic E-state index is -3.66. The van der Waals surface area contributed by atoms with Crippen molar-refractivity contribution in [3.63, 3.8) is 0 Å². The quantitative estimate of drug-likeness (QED) is 0.844. The standard InChI is InChI=1S/C12H19N3O4S/c1-12(5-3-2-4-6-12)14-20(18,19)10-7-13-15(8-10)9-11(16)17/h7-8,14H,2-6,9H2,1H3,(H,16,17). The fourth-order valence-electron chi connectivity index (χ4n) is 2.53. The molecule has 0 saturated heterocycles. The van der Waals surface area contributed by atoms with Crippen molar-refractivity contribution >= 4 is 16.0 Å². The summed E-state index contributed by atoms with van der Waals surface area (Å²) in [6, 6.07) is 0.